The third-order valence-electron chi connectivity index (χ3n) is 4.37. The first-order valence-electron chi connectivity index (χ1n) is 9.31. The van der Waals surface area contributed by atoms with E-state index in [2.05, 4.69) is 34.0 Å². The molecule has 3 N–H and O–H groups in total. The van der Waals surface area contributed by atoms with Crippen molar-refractivity contribution in [3.8, 4) is 0 Å². The van der Waals surface area contributed by atoms with Crippen LogP contribution in [0.4, 0.5) is 0 Å². The zero-order valence-corrected chi connectivity index (χ0v) is 18.1. The Morgan fingerprint density at radius 2 is 1.92 bits per heavy atom. The fourth-order valence-electron chi connectivity index (χ4n) is 3.17. The first kappa shape index (κ1) is 22.9. The maximum Gasteiger partial charge on any atom is 0.188 e. The fourth-order valence-corrected chi connectivity index (χ4v) is 3.17. The molecule has 2 saturated heterocycles. The quantitative estimate of drug-likeness (QED) is 0.235. The number of guanidine groups is 1. The molecule has 0 aromatic heterocycles. The predicted molar refractivity (Wildman–Crippen MR) is 113 cm³/mol. The maximum atomic E-state index is 5.96. The van der Waals surface area contributed by atoms with E-state index in [4.69, 9.17) is 15.2 Å². The van der Waals surface area contributed by atoms with Crippen molar-refractivity contribution >= 4 is 29.9 Å². The summed E-state index contributed by atoms with van der Waals surface area (Å²) < 4.78 is 11.1. The number of nitrogens with two attached hydrogens (primary N) is 1. The summed E-state index contributed by atoms with van der Waals surface area (Å²) in [5.41, 5.74) is 5.96. The summed E-state index contributed by atoms with van der Waals surface area (Å²) in [4.78, 5) is 9.33. The van der Waals surface area contributed by atoms with Gasteiger partial charge in [0, 0.05) is 39.3 Å². The molecule has 0 saturated carbocycles. The van der Waals surface area contributed by atoms with Crippen molar-refractivity contribution in [2.45, 2.75) is 26.4 Å². The average molecular weight is 469 g/mol. The molecule has 0 aromatic carbocycles. The van der Waals surface area contributed by atoms with Gasteiger partial charge in [-0.15, -0.1) is 24.0 Å². The highest BCUT2D eigenvalue weighted by atomic mass is 127. The molecular formula is C17H36IN5O2. The van der Waals surface area contributed by atoms with E-state index in [1.165, 1.54) is 0 Å². The fraction of sp³-hybridized carbons (Fsp3) is 0.941. The number of nitrogens with zero attached hydrogens (tertiary/aromatic N) is 3. The lowest BCUT2D eigenvalue weighted by Gasteiger charge is -2.33. The van der Waals surface area contributed by atoms with Crippen LogP contribution in [0.5, 0.6) is 0 Å². The third-order valence-corrected chi connectivity index (χ3v) is 4.37. The molecule has 25 heavy (non-hydrogen) atoms. The van der Waals surface area contributed by atoms with Gasteiger partial charge < -0.3 is 20.5 Å². The van der Waals surface area contributed by atoms with E-state index in [0.717, 1.165) is 72.1 Å². The Bertz CT molecular complexity index is 378. The Morgan fingerprint density at radius 1 is 1.20 bits per heavy atom. The Kier molecular flexibility index (Phi) is 12.0. The van der Waals surface area contributed by atoms with Crippen LogP contribution in [-0.4, -0.2) is 94.0 Å². The van der Waals surface area contributed by atoms with Crippen LogP contribution in [0.2, 0.25) is 0 Å². The molecule has 0 bridgehead atoms. The molecule has 0 aliphatic carbocycles. The van der Waals surface area contributed by atoms with Crippen molar-refractivity contribution in [1.82, 2.24) is 15.1 Å². The molecule has 0 aromatic rings. The van der Waals surface area contributed by atoms with Crippen molar-refractivity contribution in [3.05, 3.63) is 0 Å². The molecule has 148 valence electrons. The Labute approximate surface area is 169 Å². The number of hydrogen-bond acceptors (Lipinski definition) is 5. The second kappa shape index (κ2) is 13.1. The smallest absolute Gasteiger partial charge is 0.188 e. The van der Waals surface area contributed by atoms with Crippen molar-refractivity contribution in [1.29, 1.82) is 0 Å². The van der Waals surface area contributed by atoms with Gasteiger partial charge >= 0.3 is 0 Å². The van der Waals surface area contributed by atoms with Gasteiger partial charge in [-0.05, 0) is 18.9 Å². The Morgan fingerprint density at radius 3 is 2.64 bits per heavy atom. The normalized spacial score (nSPS) is 23.5. The van der Waals surface area contributed by atoms with Gasteiger partial charge in [-0.2, -0.15) is 0 Å². The van der Waals surface area contributed by atoms with Crippen LogP contribution in [0, 0.1) is 5.92 Å². The van der Waals surface area contributed by atoms with E-state index in [0.29, 0.717) is 18.4 Å². The third kappa shape index (κ3) is 9.93. The van der Waals surface area contributed by atoms with E-state index in [1.54, 1.807) is 0 Å². The lowest BCUT2D eigenvalue weighted by molar-refractivity contribution is -0.0261. The second-order valence-electron chi connectivity index (χ2n) is 7.11. The van der Waals surface area contributed by atoms with Crippen LogP contribution in [0.3, 0.4) is 0 Å². The summed E-state index contributed by atoms with van der Waals surface area (Å²) in [6.07, 6.45) is 1.23. The zero-order chi connectivity index (χ0) is 17.2. The number of nitrogens with one attached hydrogen (secondary N) is 1. The number of ether oxygens (including phenoxy) is 2. The largest absolute Gasteiger partial charge is 0.379 e. The van der Waals surface area contributed by atoms with Gasteiger partial charge in [0.05, 0.1) is 32.5 Å². The van der Waals surface area contributed by atoms with E-state index in [9.17, 15) is 0 Å². The number of hydrogen-bond donors (Lipinski definition) is 2. The van der Waals surface area contributed by atoms with E-state index in [-0.39, 0.29) is 30.1 Å². The molecule has 7 nitrogen and oxygen atoms in total. The molecule has 0 spiro atoms. The van der Waals surface area contributed by atoms with Crippen LogP contribution >= 0.6 is 24.0 Å². The van der Waals surface area contributed by atoms with Gasteiger partial charge in [-0.1, -0.05) is 13.8 Å². The molecular weight excluding hydrogens is 433 g/mol. The van der Waals surface area contributed by atoms with Gasteiger partial charge in [0.15, 0.2) is 5.96 Å². The van der Waals surface area contributed by atoms with Gasteiger partial charge in [0.25, 0.3) is 0 Å². The minimum absolute atomic E-state index is 0. The van der Waals surface area contributed by atoms with Crippen molar-refractivity contribution < 1.29 is 9.47 Å². The predicted octanol–water partition coefficient (Wildman–Crippen LogP) is 0.588. The minimum Gasteiger partial charge on any atom is -0.379 e. The van der Waals surface area contributed by atoms with Crippen molar-refractivity contribution in [3.63, 3.8) is 0 Å². The summed E-state index contributed by atoms with van der Waals surface area (Å²) in [7, 11) is 0. The zero-order valence-electron chi connectivity index (χ0n) is 15.8. The van der Waals surface area contributed by atoms with E-state index < -0.39 is 0 Å². The van der Waals surface area contributed by atoms with Gasteiger partial charge in [0.1, 0.15) is 0 Å². The summed E-state index contributed by atoms with van der Waals surface area (Å²) in [6, 6.07) is 0. The van der Waals surface area contributed by atoms with E-state index >= 15 is 0 Å². The highest BCUT2D eigenvalue weighted by molar-refractivity contribution is 14.0. The number of rotatable bonds is 8. The maximum absolute atomic E-state index is 5.96. The van der Waals surface area contributed by atoms with Crippen molar-refractivity contribution in [2.75, 3.05) is 72.2 Å². The monoisotopic (exact) mass is 469 g/mol. The molecule has 2 aliphatic rings. The van der Waals surface area contributed by atoms with E-state index in [1.807, 2.05) is 0 Å². The molecule has 2 fully saturated rings. The summed E-state index contributed by atoms with van der Waals surface area (Å²) in [5, 5.41) is 3.21. The van der Waals surface area contributed by atoms with Gasteiger partial charge in [-0.25, -0.2) is 0 Å². The van der Waals surface area contributed by atoms with Crippen LogP contribution in [-0.2, 0) is 9.47 Å². The highest BCUT2D eigenvalue weighted by Gasteiger charge is 2.20. The molecule has 0 amide bonds. The lowest BCUT2D eigenvalue weighted by Crippen LogP contribution is -2.45. The SMILES string of the molecule is CC(C)CN1CCOC(CN=C(N)NCCCN2CCOCC2)C1.I. The lowest BCUT2D eigenvalue weighted by atomic mass is 10.2. The van der Waals surface area contributed by atoms with Crippen LogP contribution in [0.15, 0.2) is 4.99 Å². The topological polar surface area (TPSA) is 75.3 Å². The standard InChI is InChI=1S/C17H35N5O2.HI/c1-15(2)13-22-8-11-24-16(14-22)12-20-17(18)19-4-3-5-21-6-9-23-10-7-21;/h15-16H,3-14H2,1-2H3,(H3,18,19,20);1H. The summed E-state index contributed by atoms with van der Waals surface area (Å²) in [6.45, 7) is 14.7. The number of morpholine rings is 2. The first-order valence-corrected chi connectivity index (χ1v) is 9.31. The van der Waals surface area contributed by atoms with Crippen molar-refractivity contribution in [2.24, 2.45) is 16.6 Å². The Hall–Kier alpha value is -0.160. The van der Waals surface area contributed by atoms with Crippen LogP contribution in [0.25, 0.3) is 0 Å². The average Bonchev–Trinajstić information content (AvgIpc) is 2.58. The number of aliphatic imine (C=N–C) groups is 1. The molecule has 8 heteroatoms. The molecule has 2 rings (SSSR count). The molecule has 1 unspecified atom stereocenters. The molecule has 1 atom stereocenters. The number of halogens is 1. The second-order valence-corrected chi connectivity index (χ2v) is 7.11. The van der Waals surface area contributed by atoms with Crippen LogP contribution < -0.4 is 11.1 Å². The molecule has 0 radical (unpaired) electrons. The highest BCUT2D eigenvalue weighted by Crippen LogP contribution is 2.08. The minimum atomic E-state index is 0. The Balaban J connectivity index is 0.00000312. The molecule has 2 aliphatic heterocycles. The van der Waals surface area contributed by atoms with Crippen LogP contribution in [0.1, 0.15) is 20.3 Å². The van der Waals surface area contributed by atoms with Gasteiger partial charge in [-0.3, -0.25) is 14.8 Å². The summed E-state index contributed by atoms with van der Waals surface area (Å²) in [5.74, 6) is 1.21. The van der Waals surface area contributed by atoms with Gasteiger partial charge in [0.2, 0.25) is 0 Å². The summed E-state index contributed by atoms with van der Waals surface area (Å²) >= 11 is 0. The molecule has 2 heterocycles. The first-order chi connectivity index (χ1) is 11.6.